The molecule has 0 N–H and O–H groups in total. The fourth-order valence-corrected chi connectivity index (χ4v) is 5.43. The summed E-state index contributed by atoms with van der Waals surface area (Å²) in [6.07, 6.45) is 11.5. The third kappa shape index (κ3) is 9.95. The van der Waals surface area contributed by atoms with Crippen LogP contribution < -0.4 is 9.47 Å². The van der Waals surface area contributed by atoms with Gasteiger partial charge in [-0.2, -0.15) is 11.3 Å². The highest BCUT2D eigenvalue weighted by atomic mass is 32.1. The number of thiophene rings is 1. The number of benzene rings is 1. The second-order valence-electron chi connectivity index (χ2n) is 10.4. The van der Waals surface area contributed by atoms with Crippen LogP contribution in [0.5, 0.6) is 11.5 Å². The normalized spacial score (nSPS) is 16.5. The Morgan fingerprint density at radius 1 is 1.15 bits per heavy atom. The van der Waals surface area contributed by atoms with Crippen molar-refractivity contribution in [3.8, 4) is 11.5 Å². The van der Waals surface area contributed by atoms with Crippen LogP contribution in [-0.4, -0.2) is 49.1 Å². The molecule has 7 heteroatoms. The van der Waals surface area contributed by atoms with Gasteiger partial charge in [-0.25, -0.2) is 0 Å². The van der Waals surface area contributed by atoms with Gasteiger partial charge in [0.15, 0.2) is 11.5 Å². The summed E-state index contributed by atoms with van der Waals surface area (Å²) in [7, 11) is 1.65. The van der Waals surface area contributed by atoms with Gasteiger partial charge in [0.05, 0.1) is 13.2 Å². The van der Waals surface area contributed by atoms with Crippen LogP contribution >= 0.6 is 11.3 Å². The number of Topliss-reactive ketones (excluding diaryl/α,β-unsaturated/α-hetero) is 1. The van der Waals surface area contributed by atoms with Crippen molar-refractivity contribution in [2.45, 2.75) is 84.7 Å². The number of aliphatic imine (C=N–C) groups is 1. The van der Waals surface area contributed by atoms with Gasteiger partial charge < -0.3 is 14.4 Å². The van der Waals surface area contributed by atoms with E-state index in [1.54, 1.807) is 24.7 Å². The highest BCUT2D eigenvalue weighted by molar-refractivity contribution is 7.08. The number of methoxy groups -OCH3 is 1. The molecule has 2 heterocycles. The number of ketones is 1. The Morgan fingerprint density at radius 2 is 2.00 bits per heavy atom. The molecule has 1 fully saturated rings. The minimum Gasteiger partial charge on any atom is -0.493 e. The van der Waals surface area contributed by atoms with E-state index in [4.69, 9.17) is 9.47 Å². The summed E-state index contributed by atoms with van der Waals surface area (Å²) in [6, 6.07) is 7.96. The Hall–Kier alpha value is -2.93. The quantitative estimate of drug-likeness (QED) is 0.141. The molecule has 0 saturated carbocycles. The summed E-state index contributed by atoms with van der Waals surface area (Å²) in [5, 5.41) is 4.01. The van der Waals surface area contributed by atoms with Crippen LogP contribution in [0.3, 0.4) is 0 Å². The maximum absolute atomic E-state index is 13.6. The van der Waals surface area contributed by atoms with Gasteiger partial charge >= 0.3 is 0 Å². The van der Waals surface area contributed by atoms with Crippen LogP contribution in [0, 0.1) is 5.92 Å². The molecule has 1 amide bonds. The second-order valence-corrected chi connectivity index (χ2v) is 11.2. The van der Waals surface area contributed by atoms with Gasteiger partial charge in [-0.3, -0.25) is 14.6 Å². The molecular weight excluding hydrogens is 508 g/mol. The van der Waals surface area contributed by atoms with E-state index in [0.717, 1.165) is 61.8 Å². The number of aryl methyl sites for hydroxylation is 1. The van der Waals surface area contributed by atoms with E-state index < -0.39 is 0 Å². The number of carbonyl (C=O) groups excluding carboxylic acids is 2. The minimum atomic E-state index is -0.0566. The van der Waals surface area contributed by atoms with Gasteiger partial charge in [0.1, 0.15) is 11.5 Å². The minimum absolute atomic E-state index is 0.0566. The van der Waals surface area contributed by atoms with Gasteiger partial charge in [-0.05, 0) is 86.9 Å². The molecule has 1 unspecified atom stereocenters. The summed E-state index contributed by atoms with van der Waals surface area (Å²) in [6.45, 7) is 7.40. The Labute approximate surface area is 238 Å². The molecule has 6 nitrogen and oxygen atoms in total. The lowest BCUT2D eigenvalue weighted by molar-refractivity contribution is -0.128. The molecule has 0 spiro atoms. The number of unbranched alkanes of at least 4 members (excludes halogenated alkanes) is 2. The number of hydrogen-bond donors (Lipinski definition) is 0. The summed E-state index contributed by atoms with van der Waals surface area (Å²) < 4.78 is 11.4. The molecule has 1 aliphatic rings. The van der Waals surface area contributed by atoms with E-state index >= 15 is 0 Å². The summed E-state index contributed by atoms with van der Waals surface area (Å²) >= 11 is 1.60. The van der Waals surface area contributed by atoms with Crippen LogP contribution in [0.15, 0.2) is 51.8 Å². The third-order valence-electron chi connectivity index (χ3n) is 6.97. The smallest absolute Gasteiger partial charge is 0.272 e. The second kappa shape index (κ2) is 16.2. The predicted octanol–water partition coefficient (Wildman–Crippen LogP) is 7.26. The maximum Gasteiger partial charge on any atom is 0.272 e. The number of rotatable bonds is 14. The molecule has 0 radical (unpaired) electrons. The summed E-state index contributed by atoms with van der Waals surface area (Å²) in [4.78, 5) is 32.8. The Kier molecular flexibility index (Phi) is 12.7. The van der Waals surface area contributed by atoms with Crippen molar-refractivity contribution >= 4 is 29.2 Å². The number of ether oxygens (including phenoxy) is 2. The van der Waals surface area contributed by atoms with E-state index in [2.05, 4.69) is 11.9 Å². The fourth-order valence-electron chi connectivity index (χ4n) is 4.82. The molecule has 0 aliphatic carbocycles. The topological polar surface area (TPSA) is 68.2 Å². The standard InChI is InChI=1S/C32H44N2O4S/c1-5-6-7-13-29(35)27-11-9-18-34(19-16-27)32(36)28(33-22-26-17-20-39-23-26)12-8-10-25-14-15-30(38-24(2)3)31(21-25)37-4/h12,14-15,17,20-24,27H,5-11,13,16,18-19H2,1-4H3/b28-12+,33-22?. The van der Waals surface area contributed by atoms with Crippen molar-refractivity contribution in [3.63, 3.8) is 0 Å². The lowest BCUT2D eigenvalue weighted by Crippen LogP contribution is -2.33. The molecule has 1 atom stereocenters. The predicted molar refractivity (Wildman–Crippen MR) is 160 cm³/mol. The zero-order valence-corrected chi connectivity index (χ0v) is 24.8. The van der Waals surface area contributed by atoms with E-state index in [-0.39, 0.29) is 17.9 Å². The monoisotopic (exact) mass is 552 g/mol. The first-order chi connectivity index (χ1) is 18.9. The number of nitrogens with zero attached hydrogens (tertiary/aromatic N) is 2. The zero-order chi connectivity index (χ0) is 28.0. The van der Waals surface area contributed by atoms with Crippen LogP contribution in [0.25, 0.3) is 0 Å². The molecule has 1 aliphatic heterocycles. The summed E-state index contributed by atoms with van der Waals surface area (Å²) in [5.74, 6) is 1.81. The molecule has 0 bridgehead atoms. The highest BCUT2D eigenvalue weighted by Crippen LogP contribution is 2.29. The van der Waals surface area contributed by atoms with Crippen molar-refractivity contribution in [2.24, 2.45) is 10.9 Å². The molecular formula is C32H44N2O4S. The van der Waals surface area contributed by atoms with E-state index in [9.17, 15) is 9.59 Å². The first-order valence-corrected chi connectivity index (χ1v) is 15.3. The molecule has 1 aromatic heterocycles. The Bertz CT molecular complexity index is 1110. The molecule has 1 aromatic carbocycles. The first-order valence-electron chi connectivity index (χ1n) is 14.3. The number of carbonyl (C=O) groups is 2. The number of allylic oxidation sites excluding steroid dienone is 1. The average Bonchev–Trinajstić information content (AvgIpc) is 3.32. The van der Waals surface area contributed by atoms with Crippen LogP contribution in [0.4, 0.5) is 0 Å². The summed E-state index contributed by atoms with van der Waals surface area (Å²) in [5.41, 5.74) is 2.55. The van der Waals surface area contributed by atoms with Crippen molar-refractivity contribution in [1.82, 2.24) is 4.90 Å². The SMILES string of the molecule is CCCCCC(=O)C1CCCN(C(=O)/C(=C\CCc2ccc(OC(C)C)c(OC)c2)N=Cc2ccsc2)CC1. The number of likely N-dealkylation sites (tertiary alicyclic amines) is 1. The van der Waals surface area contributed by atoms with Crippen molar-refractivity contribution < 1.29 is 19.1 Å². The van der Waals surface area contributed by atoms with Crippen LogP contribution in [0.2, 0.25) is 0 Å². The van der Waals surface area contributed by atoms with Gasteiger partial charge in [0, 0.05) is 37.2 Å². The molecule has 2 aromatic rings. The molecule has 3 rings (SSSR count). The fraction of sp³-hybridized carbons (Fsp3) is 0.531. The lowest BCUT2D eigenvalue weighted by atomic mass is 9.92. The Balaban J connectivity index is 1.68. The highest BCUT2D eigenvalue weighted by Gasteiger charge is 2.26. The lowest BCUT2D eigenvalue weighted by Gasteiger charge is -2.21. The van der Waals surface area contributed by atoms with Gasteiger partial charge in [-0.1, -0.05) is 31.9 Å². The first kappa shape index (κ1) is 30.6. The van der Waals surface area contributed by atoms with Crippen LogP contribution in [0.1, 0.15) is 83.3 Å². The maximum atomic E-state index is 13.6. The largest absolute Gasteiger partial charge is 0.493 e. The Morgan fingerprint density at radius 3 is 2.72 bits per heavy atom. The average molecular weight is 553 g/mol. The van der Waals surface area contributed by atoms with Crippen molar-refractivity contribution in [3.05, 3.63) is 57.9 Å². The molecule has 39 heavy (non-hydrogen) atoms. The number of hydrogen-bond acceptors (Lipinski definition) is 6. The van der Waals surface area contributed by atoms with Gasteiger partial charge in [0.2, 0.25) is 0 Å². The molecule has 1 saturated heterocycles. The van der Waals surface area contributed by atoms with Gasteiger partial charge in [-0.15, -0.1) is 0 Å². The number of amides is 1. The van der Waals surface area contributed by atoms with E-state index in [1.807, 2.05) is 59.8 Å². The van der Waals surface area contributed by atoms with E-state index in [1.165, 1.54) is 0 Å². The van der Waals surface area contributed by atoms with Crippen molar-refractivity contribution in [1.29, 1.82) is 0 Å². The molecule has 212 valence electrons. The zero-order valence-electron chi connectivity index (χ0n) is 24.0. The van der Waals surface area contributed by atoms with E-state index in [0.29, 0.717) is 43.2 Å². The van der Waals surface area contributed by atoms with Gasteiger partial charge in [0.25, 0.3) is 5.91 Å². The van der Waals surface area contributed by atoms with Crippen LogP contribution in [-0.2, 0) is 16.0 Å². The third-order valence-corrected chi connectivity index (χ3v) is 7.68. The van der Waals surface area contributed by atoms with Crippen molar-refractivity contribution in [2.75, 3.05) is 20.2 Å².